The van der Waals surface area contributed by atoms with Crippen LogP contribution in [0.25, 0.3) is 0 Å². The smallest absolute Gasteiger partial charge is 0.356 e. The monoisotopic (exact) mass is 284 g/mol. The second kappa shape index (κ2) is 5.19. The Hall–Kier alpha value is -2.21. The molecule has 19 heavy (non-hydrogen) atoms. The highest BCUT2D eigenvalue weighted by molar-refractivity contribution is 6.33. The molecule has 0 saturated carbocycles. The van der Waals surface area contributed by atoms with E-state index in [2.05, 4.69) is 10.3 Å². The standard InChI is InChI=1S/C12H7ClF2N2O2/c13-7-2-4-10(17-11(7)12(18)19)16-9-3-1-6(14)5-8(9)15/h1-5H,(H,16,17)(H,18,19). The van der Waals surface area contributed by atoms with Crippen molar-refractivity contribution < 1.29 is 18.7 Å². The van der Waals surface area contributed by atoms with Crippen LogP contribution in [0.4, 0.5) is 20.3 Å². The molecule has 2 N–H and O–H groups in total. The van der Waals surface area contributed by atoms with Crippen molar-refractivity contribution in [1.29, 1.82) is 0 Å². The molecule has 98 valence electrons. The molecule has 1 heterocycles. The van der Waals surface area contributed by atoms with Gasteiger partial charge >= 0.3 is 5.97 Å². The first kappa shape index (κ1) is 13.2. The number of anilines is 2. The van der Waals surface area contributed by atoms with Gasteiger partial charge in [-0.3, -0.25) is 0 Å². The van der Waals surface area contributed by atoms with Gasteiger partial charge < -0.3 is 10.4 Å². The van der Waals surface area contributed by atoms with Gasteiger partial charge in [0.25, 0.3) is 0 Å². The zero-order valence-corrected chi connectivity index (χ0v) is 10.1. The first-order chi connectivity index (χ1) is 8.97. The predicted molar refractivity (Wildman–Crippen MR) is 65.8 cm³/mol. The van der Waals surface area contributed by atoms with Crippen LogP contribution in [-0.2, 0) is 0 Å². The number of hydrogen-bond donors (Lipinski definition) is 2. The fraction of sp³-hybridized carbons (Fsp3) is 0. The van der Waals surface area contributed by atoms with Crippen LogP contribution in [0.5, 0.6) is 0 Å². The van der Waals surface area contributed by atoms with Gasteiger partial charge in [-0.25, -0.2) is 18.6 Å². The van der Waals surface area contributed by atoms with Crippen LogP contribution in [0.1, 0.15) is 10.5 Å². The summed E-state index contributed by atoms with van der Waals surface area (Å²) < 4.78 is 26.1. The molecule has 2 rings (SSSR count). The Morgan fingerprint density at radius 2 is 2.00 bits per heavy atom. The summed E-state index contributed by atoms with van der Waals surface area (Å²) in [5.74, 6) is -2.73. The van der Waals surface area contributed by atoms with Gasteiger partial charge in [-0.15, -0.1) is 0 Å². The van der Waals surface area contributed by atoms with Crippen LogP contribution < -0.4 is 5.32 Å². The fourth-order valence-corrected chi connectivity index (χ4v) is 1.58. The number of rotatable bonds is 3. The van der Waals surface area contributed by atoms with Gasteiger partial charge in [-0.2, -0.15) is 0 Å². The van der Waals surface area contributed by atoms with E-state index in [1.54, 1.807) is 0 Å². The summed E-state index contributed by atoms with van der Waals surface area (Å²) in [6.07, 6.45) is 0. The van der Waals surface area contributed by atoms with Crippen LogP contribution in [0.2, 0.25) is 5.02 Å². The number of benzene rings is 1. The second-order valence-corrected chi connectivity index (χ2v) is 3.99. The molecule has 0 aliphatic carbocycles. The van der Waals surface area contributed by atoms with E-state index in [0.717, 1.165) is 6.07 Å². The Balaban J connectivity index is 2.33. The van der Waals surface area contributed by atoms with Gasteiger partial charge in [0.1, 0.15) is 17.5 Å². The van der Waals surface area contributed by atoms with Crippen LogP contribution in [0.15, 0.2) is 30.3 Å². The number of carboxylic acids is 1. The van der Waals surface area contributed by atoms with E-state index in [9.17, 15) is 13.6 Å². The number of nitrogens with one attached hydrogen (secondary N) is 1. The van der Waals surface area contributed by atoms with E-state index >= 15 is 0 Å². The largest absolute Gasteiger partial charge is 0.476 e. The lowest BCUT2D eigenvalue weighted by Crippen LogP contribution is -2.04. The number of aromatic carboxylic acids is 1. The third kappa shape index (κ3) is 2.97. The Kier molecular flexibility index (Phi) is 3.62. The van der Waals surface area contributed by atoms with E-state index in [1.165, 1.54) is 18.2 Å². The molecule has 2 aromatic rings. The average molecular weight is 285 g/mol. The van der Waals surface area contributed by atoms with Crippen molar-refractivity contribution >= 4 is 29.1 Å². The van der Waals surface area contributed by atoms with Crippen molar-refractivity contribution in [2.45, 2.75) is 0 Å². The molecule has 1 aromatic heterocycles. The number of aromatic nitrogens is 1. The lowest BCUT2D eigenvalue weighted by Gasteiger charge is -2.08. The van der Waals surface area contributed by atoms with Crippen molar-refractivity contribution in [2.75, 3.05) is 5.32 Å². The highest BCUT2D eigenvalue weighted by Gasteiger charge is 2.12. The highest BCUT2D eigenvalue weighted by Crippen LogP contribution is 2.22. The van der Waals surface area contributed by atoms with Gasteiger partial charge in [0.15, 0.2) is 5.69 Å². The van der Waals surface area contributed by atoms with Crippen LogP contribution in [-0.4, -0.2) is 16.1 Å². The Morgan fingerprint density at radius 1 is 1.26 bits per heavy atom. The molecule has 0 atom stereocenters. The van der Waals surface area contributed by atoms with Crippen molar-refractivity contribution in [3.63, 3.8) is 0 Å². The zero-order chi connectivity index (χ0) is 14.0. The summed E-state index contributed by atoms with van der Waals surface area (Å²) in [5, 5.41) is 11.4. The topological polar surface area (TPSA) is 62.2 Å². The summed E-state index contributed by atoms with van der Waals surface area (Å²) in [7, 11) is 0. The second-order valence-electron chi connectivity index (χ2n) is 3.58. The van der Waals surface area contributed by atoms with Gasteiger partial charge in [0.2, 0.25) is 0 Å². The molecule has 0 saturated heterocycles. The van der Waals surface area contributed by atoms with Gasteiger partial charge in [-0.1, -0.05) is 11.6 Å². The van der Waals surface area contributed by atoms with E-state index < -0.39 is 17.6 Å². The number of nitrogens with zero attached hydrogens (tertiary/aromatic N) is 1. The summed E-state index contributed by atoms with van der Waals surface area (Å²) in [6, 6.07) is 5.66. The number of carboxylic acid groups (broad SMARTS) is 1. The first-order valence-electron chi connectivity index (χ1n) is 5.09. The van der Waals surface area contributed by atoms with Crippen LogP contribution in [0, 0.1) is 11.6 Å². The molecule has 0 fully saturated rings. The van der Waals surface area contributed by atoms with Crippen LogP contribution in [0.3, 0.4) is 0 Å². The molecular formula is C12H7ClF2N2O2. The van der Waals surface area contributed by atoms with Crippen molar-refractivity contribution in [2.24, 2.45) is 0 Å². The predicted octanol–water partition coefficient (Wildman–Crippen LogP) is 3.46. The Morgan fingerprint density at radius 3 is 2.63 bits per heavy atom. The number of carbonyl (C=O) groups is 1. The average Bonchev–Trinajstić information content (AvgIpc) is 2.34. The number of halogens is 3. The molecule has 0 radical (unpaired) electrons. The summed E-state index contributed by atoms with van der Waals surface area (Å²) in [5.41, 5.74) is -0.373. The molecule has 4 nitrogen and oxygen atoms in total. The Bertz CT molecular complexity index is 650. The highest BCUT2D eigenvalue weighted by atomic mass is 35.5. The summed E-state index contributed by atoms with van der Waals surface area (Å²) in [6.45, 7) is 0. The molecule has 0 aliphatic heterocycles. The molecule has 7 heteroatoms. The minimum absolute atomic E-state index is 0.0208. The van der Waals surface area contributed by atoms with Crippen LogP contribution >= 0.6 is 11.6 Å². The van der Waals surface area contributed by atoms with Crippen molar-refractivity contribution in [3.8, 4) is 0 Å². The molecule has 0 amide bonds. The van der Waals surface area contributed by atoms with E-state index in [-0.39, 0.29) is 22.2 Å². The molecule has 0 bridgehead atoms. The lowest BCUT2D eigenvalue weighted by molar-refractivity contribution is 0.0691. The minimum atomic E-state index is -1.30. The van der Waals surface area contributed by atoms with Crippen molar-refractivity contribution in [1.82, 2.24) is 4.98 Å². The maximum atomic E-state index is 13.4. The number of pyridine rings is 1. The molecule has 0 unspecified atom stereocenters. The van der Waals surface area contributed by atoms with E-state index in [0.29, 0.717) is 6.07 Å². The maximum Gasteiger partial charge on any atom is 0.356 e. The Labute approximate surface area is 111 Å². The third-order valence-electron chi connectivity index (χ3n) is 2.24. The normalized spacial score (nSPS) is 10.3. The number of hydrogen-bond acceptors (Lipinski definition) is 3. The lowest BCUT2D eigenvalue weighted by atomic mass is 10.3. The first-order valence-corrected chi connectivity index (χ1v) is 5.47. The molecular weight excluding hydrogens is 278 g/mol. The van der Waals surface area contributed by atoms with E-state index in [1.807, 2.05) is 0 Å². The third-order valence-corrected chi connectivity index (χ3v) is 2.55. The SMILES string of the molecule is O=C(O)c1nc(Nc2ccc(F)cc2F)ccc1Cl. The molecule has 0 aliphatic rings. The fourth-order valence-electron chi connectivity index (χ4n) is 1.39. The van der Waals surface area contributed by atoms with Crippen molar-refractivity contribution in [3.05, 3.63) is 52.7 Å². The quantitative estimate of drug-likeness (QED) is 0.906. The molecule has 1 aromatic carbocycles. The van der Waals surface area contributed by atoms with Gasteiger partial charge in [0, 0.05) is 6.07 Å². The minimum Gasteiger partial charge on any atom is -0.476 e. The summed E-state index contributed by atoms with van der Waals surface area (Å²) >= 11 is 5.65. The molecule has 0 spiro atoms. The zero-order valence-electron chi connectivity index (χ0n) is 9.32. The van der Waals surface area contributed by atoms with Gasteiger partial charge in [-0.05, 0) is 24.3 Å². The van der Waals surface area contributed by atoms with E-state index in [4.69, 9.17) is 16.7 Å². The van der Waals surface area contributed by atoms with Gasteiger partial charge in [0.05, 0.1) is 10.7 Å². The summed E-state index contributed by atoms with van der Waals surface area (Å²) in [4.78, 5) is 14.6. The maximum absolute atomic E-state index is 13.4.